The van der Waals surface area contributed by atoms with Crippen LogP contribution in [0.4, 0.5) is 0 Å². The van der Waals surface area contributed by atoms with Crippen LogP contribution in [0.25, 0.3) is 0 Å². The van der Waals surface area contributed by atoms with Crippen LogP contribution in [0.3, 0.4) is 0 Å². The van der Waals surface area contributed by atoms with Crippen LogP contribution in [-0.2, 0) is 5.41 Å². The molecule has 1 rings (SSSR count). The predicted octanol–water partition coefficient (Wildman–Crippen LogP) is 3.29. The molecule has 1 aromatic carbocycles. The highest BCUT2D eigenvalue weighted by Gasteiger charge is 2.18. The second-order valence-corrected chi connectivity index (χ2v) is 5.83. The maximum Gasteiger partial charge on any atom is 0.123 e. The minimum absolute atomic E-state index is 0.0725. The fourth-order valence-electron chi connectivity index (χ4n) is 1.51. The van der Waals surface area contributed by atoms with Crippen molar-refractivity contribution in [3.05, 3.63) is 29.8 Å². The largest absolute Gasteiger partial charge is 0.493 e. The number of benzene rings is 1. The number of para-hydroxylation sites is 1. The molecular weight excluding hydrogens is 230 g/mol. The minimum Gasteiger partial charge on any atom is -0.493 e. The molecule has 0 saturated heterocycles. The predicted molar refractivity (Wildman–Crippen MR) is 76.6 cm³/mol. The standard InChI is InChI=1S/C14H21NOS/c1-10(13(15)17)9-16-12-8-6-5-7-11(12)14(2,3)4/h5-8,10H,9H2,1-4H3,(H2,15,17). The number of hydrogen-bond acceptors (Lipinski definition) is 2. The Bertz CT molecular complexity index is 395. The summed E-state index contributed by atoms with van der Waals surface area (Å²) in [4.78, 5) is 0.498. The number of ether oxygens (including phenoxy) is 1. The molecule has 0 amide bonds. The van der Waals surface area contributed by atoms with E-state index in [4.69, 9.17) is 22.7 Å². The first kappa shape index (κ1) is 14.0. The van der Waals surface area contributed by atoms with E-state index in [1.807, 2.05) is 25.1 Å². The van der Waals surface area contributed by atoms with Gasteiger partial charge in [-0.1, -0.05) is 58.1 Å². The van der Waals surface area contributed by atoms with Crippen molar-refractivity contribution < 1.29 is 4.74 Å². The van der Waals surface area contributed by atoms with Crippen LogP contribution in [0.1, 0.15) is 33.3 Å². The number of rotatable bonds is 4. The molecule has 0 aliphatic heterocycles. The van der Waals surface area contributed by atoms with Crippen LogP contribution < -0.4 is 10.5 Å². The van der Waals surface area contributed by atoms with E-state index in [0.717, 1.165) is 5.75 Å². The Labute approximate surface area is 109 Å². The normalized spacial score (nSPS) is 13.2. The van der Waals surface area contributed by atoms with E-state index in [1.165, 1.54) is 5.56 Å². The summed E-state index contributed by atoms with van der Waals surface area (Å²) in [6.45, 7) is 9.02. The third kappa shape index (κ3) is 4.00. The zero-order valence-corrected chi connectivity index (χ0v) is 11.8. The lowest BCUT2D eigenvalue weighted by atomic mass is 9.86. The summed E-state index contributed by atoms with van der Waals surface area (Å²) in [5.41, 5.74) is 6.85. The van der Waals surface area contributed by atoms with Gasteiger partial charge in [0.25, 0.3) is 0 Å². The van der Waals surface area contributed by atoms with E-state index in [1.54, 1.807) is 0 Å². The Morgan fingerprint density at radius 3 is 2.47 bits per heavy atom. The zero-order valence-electron chi connectivity index (χ0n) is 11.0. The Balaban J connectivity index is 2.81. The van der Waals surface area contributed by atoms with E-state index in [2.05, 4.69) is 26.8 Å². The monoisotopic (exact) mass is 251 g/mol. The van der Waals surface area contributed by atoms with Crippen LogP contribution in [0.5, 0.6) is 5.75 Å². The molecule has 0 bridgehead atoms. The quantitative estimate of drug-likeness (QED) is 0.834. The van der Waals surface area contributed by atoms with Crippen molar-refractivity contribution in [1.82, 2.24) is 0 Å². The molecule has 2 nitrogen and oxygen atoms in total. The van der Waals surface area contributed by atoms with E-state index >= 15 is 0 Å². The Hall–Kier alpha value is -1.09. The van der Waals surface area contributed by atoms with Crippen LogP contribution in [0.2, 0.25) is 0 Å². The first-order chi connectivity index (χ1) is 7.82. The van der Waals surface area contributed by atoms with E-state index in [9.17, 15) is 0 Å². The molecule has 2 N–H and O–H groups in total. The lowest BCUT2D eigenvalue weighted by Gasteiger charge is -2.23. The summed E-state index contributed by atoms with van der Waals surface area (Å²) in [6, 6.07) is 8.11. The Morgan fingerprint density at radius 1 is 1.35 bits per heavy atom. The van der Waals surface area contributed by atoms with Crippen molar-refractivity contribution in [2.75, 3.05) is 6.61 Å². The van der Waals surface area contributed by atoms with Crippen molar-refractivity contribution in [3.63, 3.8) is 0 Å². The van der Waals surface area contributed by atoms with Crippen LogP contribution in [0.15, 0.2) is 24.3 Å². The van der Waals surface area contributed by atoms with Gasteiger partial charge in [0.1, 0.15) is 5.75 Å². The molecule has 0 fully saturated rings. The van der Waals surface area contributed by atoms with Crippen molar-refractivity contribution >= 4 is 17.2 Å². The SMILES string of the molecule is CC(COc1ccccc1C(C)(C)C)C(N)=S. The second kappa shape index (κ2) is 5.50. The molecular formula is C14H21NOS. The van der Waals surface area contributed by atoms with Crippen molar-refractivity contribution in [1.29, 1.82) is 0 Å². The van der Waals surface area contributed by atoms with Crippen molar-refractivity contribution in [3.8, 4) is 5.75 Å². The molecule has 0 heterocycles. The molecule has 0 saturated carbocycles. The van der Waals surface area contributed by atoms with Gasteiger partial charge in [-0.2, -0.15) is 0 Å². The van der Waals surface area contributed by atoms with Gasteiger partial charge in [0.05, 0.1) is 11.6 Å². The molecule has 1 unspecified atom stereocenters. The average molecular weight is 251 g/mol. The average Bonchev–Trinajstić information content (AvgIpc) is 2.24. The highest BCUT2D eigenvalue weighted by molar-refractivity contribution is 7.80. The fourth-order valence-corrected chi connectivity index (χ4v) is 1.58. The summed E-state index contributed by atoms with van der Waals surface area (Å²) >= 11 is 4.94. The summed E-state index contributed by atoms with van der Waals surface area (Å²) < 4.78 is 5.82. The lowest BCUT2D eigenvalue weighted by Crippen LogP contribution is -2.24. The molecule has 0 radical (unpaired) electrons. The van der Waals surface area contributed by atoms with Gasteiger partial charge in [-0.15, -0.1) is 0 Å². The van der Waals surface area contributed by atoms with Crippen molar-refractivity contribution in [2.45, 2.75) is 33.1 Å². The molecule has 17 heavy (non-hydrogen) atoms. The highest BCUT2D eigenvalue weighted by Crippen LogP contribution is 2.31. The molecule has 1 aromatic rings. The fraction of sp³-hybridized carbons (Fsp3) is 0.500. The third-order valence-electron chi connectivity index (χ3n) is 2.67. The maximum atomic E-state index is 5.82. The first-order valence-electron chi connectivity index (χ1n) is 5.84. The minimum atomic E-state index is 0.0725. The van der Waals surface area contributed by atoms with Gasteiger partial charge in [0.15, 0.2) is 0 Å². The smallest absolute Gasteiger partial charge is 0.123 e. The second-order valence-electron chi connectivity index (χ2n) is 5.36. The number of nitrogens with two attached hydrogens (primary N) is 1. The van der Waals surface area contributed by atoms with E-state index < -0.39 is 0 Å². The zero-order chi connectivity index (χ0) is 13.1. The van der Waals surface area contributed by atoms with Gasteiger partial charge in [0, 0.05) is 5.92 Å². The van der Waals surface area contributed by atoms with Crippen LogP contribution >= 0.6 is 12.2 Å². The van der Waals surface area contributed by atoms with Gasteiger partial charge in [-0.05, 0) is 17.0 Å². The van der Waals surface area contributed by atoms with Gasteiger partial charge in [-0.25, -0.2) is 0 Å². The topological polar surface area (TPSA) is 35.2 Å². The van der Waals surface area contributed by atoms with Crippen LogP contribution in [0, 0.1) is 5.92 Å². The van der Waals surface area contributed by atoms with Gasteiger partial charge < -0.3 is 10.5 Å². The number of thiocarbonyl (C=S) groups is 1. The summed E-state index contributed by atoms with van der Waals surface area (Å²) in [7, 11) is 0. The van der Waals surface area contributed by atoms with Gasteiger partial charge in [-0.3, -0.25) is 0 Å². The molecule has 0 aliphatic carbocycles. The van der Waals surface area contributed by atoms with Crippen LogP contribution in [-0.4, -0.2) is 11.6 Å². The summed E-state index contributed by atoms with van der Waals surface area (Å²) in [6.07, 6.45) is 0. The van der Waals surface area contributed by atoms with Gasteiger partial charge in [0.2, 0.25) is 0 Å². The lowest BCUT2D eigenvalue weighted by molar-refractivity contribution is 0.286. The third-order valence-corrected chi connectivity index (χ3v) is 3.07. The summed E-state index contributed by atoms with van der Waals surface area (Å²) in [5, 5.41) is 0. The highest BCUT2D eigenvalue weighted by atomic mass is 32.1. The summed E-state index contributed by atoms with van der Waals surface area (Å²) in [5.74, 6) is 1.01. The molecule has 1 atom stereocenters. The van der Waals surface area contributed by atoms with Crippen molar-refractivity contribution in [2.24, 2.45) is 11.7 Å². The Morgan fingerprint density at radius 2 is 1.94 bits per heavy atom. The van der Waals surface area contributed by atoms with E-state index in [-0.39, 0.29) is 11.3 Å². The molecule has 94 valence electrons. The molecule has 0 aromatic heterocycles. The molecule has 3 heteroatoms. The molecule has 0 spiro atoms. The maximum absolute atomic E-state index is 5.82. The number of hydrogen-bond donors (Lipinski definition) is 1. The molecule has 0 aliphatic rings. The van der Waals surface area contributed by atoms with Gasteiger partial charge >= 0.3 is 0 Å². The Kier molecular flexibility index (Phi) is 4.52. The van der Waals surface area contributed by atoms with E-state index in [0.29, 0.717) is 11.6 Å². The first-order valence-corrected chi connectivity index (χ1v) is 6.25.